The highest BCUT2D eigenvalue weighted by molar-refractivity contribution is 5.53. The van der Waals surface area contributed by atoms with Crippen LogP contribution in [0.5, 0.6) is 0 Å². The molecule has 0 atom stereocenters. The fourth-order valence-corrected chi connectivity index (χ4v) is 3.23. The van der Waals surface area contributed by atoms with E-state index < -0.39 is 28.9 Å². The van der Waals surface area contributed by atoms with E-state index in [1.165, 1.54) is 24.3 Å². The van der Waals surface area contributed by atoms with Gasteiger partial charge in [0.05, 0.1) is 11.1 Å². The minimum atomic E-state index is -4.49. The molecular weight excluding hydrogens is 390 g/mol. The summed E-state index contributed by atoms with van der Waals surface area (Å²) in [6.07, 6.45) is -8.97. The molecule has 0 amide bonds. The second-order valence-electron chi connectivity index (χ2n) is 6.92. The third-order valence-electron chi connectivity index (χ3n) is 4.95. The third-order valence-corrected chi connectivity index (χ3v) is 4.95. The van der Waals surface area contributed by atoms with E-state index in [2.05, 4.69) is 6.92 Å². The van der Waals surface area contributed by atoms with Crippen LogP contribution in [0.25, 0.3) is 0 Å². The molecule has 0 saturated heterocycles. The van der Waals surface area contributed by atoms with Gasteiger partial charge in [-0.25, -0.2) is 0 Å². The molecule has 6 heteroatoms. The molecule has 151 valence electrons. The maximum atomic E-state index is 12.9. The van der Waals surface area contributed by atoms with E-state index in [1.54, 1.807) is 12.1 Å². The van der Waals surface area contributed by atoms with Crippen molar-refractivity contribution in [2.45, 2.75) is 24.7 Å². The molecule has 0 aliphatic carbocycles. The lowest BCUT2D eigenvalue weighted by atomic mass is 9.70. The molecule has 1 radical (unpaired) electrons. The van der Waals surface area contributed by atoms with E-state index in [9.17, 15) is 26.3 Å². The zero-order chi connectivity index (χ0) is 21.4. The van der Waals surface area contributed by atoms with Crippen LogP contribution in [0.4, 0.5) is 26.3 Å². The van der Waals surface area contributed by atoms with Gasteiger partial charge in [0.1, 0.15) is 0 Å². The summed E-state index contributed by atoms with van der Waals surface area (Å²) in [6.45, 7) is 6.11. The molecule has 3 rings (SSSR count). The first-order valence-electron chi connectivity index (χ1n) is 8.70. The smallest absolute Gasteiger partial charge is 0.166 e. The summed E-state index contributed by atoms with van der Waals surface area (Å²) in [7, 11) is 0. The average Bonchev–Trinajstić information content (AvgIpc) is 2.67. The summed E-state index contributed by atoms with van der Waals surface area (Å²) < 4.78 is 77.6. The Bertz CT molecular complexity index is 905. The Labute approximate surface area is 164 Å². The normalized spacial score (nSPS) is 12.8. The second kappa shape index (κ2) is 7.25. The van der Waals surface area contributed by atoms with Gasteiger partial charge < -0.3 is 0 Å². The molecular formula is C23H17F6. The topological polar surface area (TPSA) is 0 Å². The van der Waals surface area contributed by atoms with Gasteiger partial charge in [-0.2, -0.15) is 26.3 Å². The van der Waals surface area contributed by atoms with E-state index >= 15 is 0 Å². The summed E-state index contributed by atoms with van der Waals surface area (Å²) >= 11 is 0. The zero-order valence-electron chi connectivity index (χ0n) is 15.4. The van der Waals surface area contributed by atoms with Crippen LogP contribution in [0.3, 0.4) is 0 Å². The average molecular weight is 407 g/mol. The van der Waals surface area contributed by atoms with E-state index in [0.29, 0.717) is 16.7 Å². The first-order chi connectivity index (χ1) is 13.4. The van der Waals surface area contributed by atoms with Gasteiger partial charge in [0.15, 0.2) is 0 Å². The lowest BCUT2D eigenvalue weighted by molar-refractivity contribution is -0.138. The third kappa shape index (κ3) is 4.16. The quantitative estimate of drug-likeness (QED) is 0.318. The number of hydrogen-bond acceptors (Lipinski definition) is 0. The molecule has 0 nitrogen and oxygen atoms in total. The Kier molecular flexibility index (Phi) is 5.24. The lowest BCUT2D eigenvalue weighted by Crippen LogP contribution is -2.26. The summed E-state index contributed by atoms with van der Waals surface area (Å²) in [6, 6.07) is 16.3. The van der Waals surface area contributed by atoms with E-state index in [4.69, 9.17) is 0 Å². The lowest BCUT2D eigenvalue weighted by Gasteiger charge is -2.32. The number of hydrogen-bond donors (Lipinski definition) is 0. The van der Waals surface area contributed by atoms with Crippen LogP contribution in [0.2, 0.25) is 0 Å². The standard InChI is InChI=1S/C23H17F6/c1-15-3-5-16(6-4-15)21(2,17-7-11-19(12-8-17)22(24,25)26)18-9-13-20(14-10-18)23(27,28)29/h3-14H,2H2,1H3. The number of rotatable bonds is 3. The van der Waals surface area contributed by atoms with E-state index in [1.807, 2.05) is 19.1 Å². The SMILES string of the molecule is [CH2]C(c1ccc(C)cc1)(c1ccc(C(F)(F)F)cc1)c1ccc(C(F)(F)F)cc1. The van der Waals surface area contributed by atoms with Crippen molar-refractivity contribution in [2.75, 3.05) is 0 Å². The summed E-state index contributed by atoms with van der Waals surface area (Å²) in [5.41, 5.74) is -0.288. The minimum Gasteiger partial charge on any atom is -0.166 e. The summed E-state index contributed by atoms with van der Waals surface area (Å²) in [4.78, 5) is 0. The molecule has 0 aromatic heterocycles. The first kappa shape index (κ1) is 21.0. The van der Waals surface area contributed by atoms with Crippen LogP contribution in [0, 0.1) is 13.8 Å². The number of halogens is 6. The van der Waals surface area contributed by atoms with Crippen LogP contribution < -0.4 is 0 Å². The van der Waals surface area contributed by atoms with Crippen LogP contribution in [0.1, 0.15) is 33.4 Å². The highest BCUT2D eigenvalue weighted by Gasteiger charge is 2.35. The van der Waals surface area contributed by atoms with Crippen LogP contribution in [-0.4, -0.2) is 0 Å². The molecule has 0 heterocycles. The molecule has 29 heavy (non-hydrogen) atoms. The van der Waals surface area contributed by atoms with Gasteiger partial charge in [-0.1, -0.05) is 54.1 Å². The molecule has 0 saturated carbocycles. The fraction of sp³-hybridized carbons (Fsp3) is 0.174. The first-order valence-corrected chi connectivity index (χ1v) is 8.70. The summed E-state index contributed by atoms with van der Waals surface area (Å²) in [5.74, 6) is 0. The highest BCUT2D eigenvalue weighted by atomic mass is 19.4. The van der Waals surface area contributed by atoms with Gasteiger partial charge in [0.2, 0.25) is 0 Å². The molecule has 3 aromatic carbocycles. The Morgan fingerprint density at radius 2 is 0.724 bits per heavy atom. The van der Waals surface area contributed by atoms with E-state index in [0.717, 1.165) is 29.8 Å². The van der Waals surface area contributed by atoms with Crippen LogP contribution in [-0.2, 0) is 17.8 Å². The fourth-order valence-electron chi connectivity index (χ4n) is 3.23. The molecule has 0 unspecified atom stereocenters. The van der Waals surface area contributed by atoms with Gasteiger partial charge in [0.25, 0.3) is 0 Å². The Morgan fingerprint density at radius 3 is 1.00 bits per heavy atom. The molecule has 0 spiro atoms. The van der Waals surface area contributed by atoms with Crippen molar-refractivity contribution in [1.29, 1.82) is 0 Å². The molecule has 0 fully saturated rings. The molecule has 0 N–H and O–H groups in total. The maximum Gasteiger partial charge on any atom is 0.416 e. The van der Waals surface area contributed by atoms with Crippen molar-refractivity contribution >= 4 is 0 Å². The molecule has 0 aliphatic heterocycles. The van der Waals surface area contributed by atoms with Gasteiger partial charge >= 0.3 is 12.4 Å². The molecule has 0 bridgehead atoms. The zero-order valence-corrected chi connectivity index (χ0v) is 15.4. The number of aryl methyl sites for hydroxylation is 1. The van der Waals surface area contributed by atoms with Crippen molar-refractivity contribution in [3.05, 3.63) is 113 Å². The predicted molar refractivity (Wildman–Crippen MR) is 99.3 cm³/mol. The van der Waals surface area contributed by atoms with Crippen LogP contribution >= 0.6 is 0 Å². The predicted octanol–water partition coefficient (Wildman–Crippen LogP) is 7.20. The molecule has 3 aromatic rings. The number of benzene rings is 3. The Hall–Kier alpha value is -2.76. The van der Waals surface area contributed by atoms with Crippen molar-refractivity contribution in [1.82, 2.24) is 0 Å². The monoisotopic (exact) mass is 407 g/mol. The second-order valence-corrected chi connectivity index (χ2v) is 6.92. The van der Waals surface area contributed by atoms with Gasteiger partial charge in [-0.15, -0.1) is 0 Å². The Morgan fingerprint density at radius 1 is 0.483 bits per heavy atom. The highest BCUT2D eigenvalue weighted by Crippen LogP contribution is 2.41. The van der Waals surface area contributed by atoms with Crippen molar-refractivity contribution in [3.8, 4) is 0 Å². The summed E-state index contributed by atoms with van der Waals surface area (Å²) in [5, 5.41) is 0. The van der Waals surface area contributed by atoms with Gasteiger partial charge in [-0.3, -0.25) is 0 Å². The van der Waals surface area contributed by atoms with Crippen molar-refractivity contribution in [2.24, 2.45) is 0 Å². The Balaban J connectivity index is 2.16. The maximum absolute atomic E-state index is 12.9. The minimum absolute atomic E-state index is 0.439. The number of alkyl halides is 6. The largest absolute Gasteiger partial charge is 0.416 e. The van der Waals surface area contributed by atoms with Gasteiger partial charge in [-0.05, 0) is 54.8 Å². The van der Waals surface area contributed by atoms with Crippen molar-refractivity contribution in [3.63, 3.8) is 0 Å². The van der Waals surface area contributed by atoms with Crippen molar-refractivity contribution < 1.29 is 26.3 Å². The van der Waals surface area contributed by atoms with E-state index in [-0.39, 0.29) is 0 Å². The van der Waals surface area contributed by atoms with Crippen LogP contribution in [0.15, 0.2) is 72.8 Å². The molecule has 0 aliphatic rings. The van der Waals surface area contributed by atoms with Gasteiger partial charge in [0, 0.05) is 5.41 Å².